The Hall–Kier alpha value is -3.43. The molecule has 30 heavy (non-hydrogen) atoms. The fourth-order valence-corrected chi connectivity index (χ4v) is 4.00. The minimum atomic E-state index is -0.607. The lowest BCUT2D eigenvalue weighted by molar-refractivity contribution is 0.566. The third-order valence-electron chi connectivity index (χ3n) is 5.22. The van der Waals surface area contributed by atoms with Crippen molar-refractivity contribution < 1.29 is 0 Å². The van der Waals surface area contributed by atoms with Gasteiger partial charge in [-0.05, 0) is 34.5 Å². The molecule has 4 aromatic rings. The lowest BCUT2D eigenvalue weighted by Gasteiger charge is -2.38. The number of thiocarbonyl (C=S) groups is 1. The molecule has 0 aromatic heterocycles. The second-order valence-electron chi connectivity index (χ2n) is 7.14. The fourth-order valence-electron chi connectivity index (χ4n) is 3.77. The van der Waals surface area contributed by atoms with Crippen LogP contribution in [0.5, 0.6) is 0 Å². The normalized spacial score (nSPS) is 10.9. The largest absolute Gasteiger partial charge is 0.359 e. The standard InChI is InChI=1S/C27H24N2S/c30-26(28-21-22-13-5-1-6-14-22)29-27(23-15-7-2-8-16-23,24-17-9-3-10-18-24)25-19-11-4-12-20-25/h1-20H,21H2,(H2,28,29,30). The second kappa shape index (κ2) is 9.38. The first-order chi connectivity index (χ1) is 14.8. The summed E-state index contributed by atoms with van der Waals surface area (Å²) in [6, 6.07) is 41.7. The first-order valence-corrected chi connectivity index (χ1v) is 10.5. The third-order valence-corrected chi connectivity index (χ3v) is 5.46. The lowest BCUT2D eigenvalue weighted by atomic mass is 9.77. The number of rotatable bonds is 6. The van der Waals surface area contributed by atoms with E-state index in [9.17, 15) is 0 Å². The highest BCUT2D eigenvalue weighted by atomic mass is 32.1. The Morgan fingerprint density at radius 1 is 0.567 bits per heavy atom. The quantitative estimate of drug-likeness (QED) is 0.319. The summed E-state index contributed by atoms with van der Waals surface area (Å²) in [4.78, 5) is 0. The van der Waals surface area contributed by atoms with Crippen LogP contribution in [0.15, 0.2) is 121 Å². The number of benzene rings is 4. The summed E-state index contributed by atoms with van der Waals surface area (Å²) in [6.07, 6.45) is 0. The van der Waals surface area contributed by atoms with Crippen LogP contribution in [0.25, 0.3) is 0 Å². The van der Waals surface area contributed by atoms with Crippen molar-refractivity contribution in [3.63, 3.8) is 0 Å². The molecular formula is C27H24N2S. The Bertz CT molecular complexity index is 968. The molecule has 0 aliphatic heterocycles. The van der Waals surface area contributed by atoms with Crippen LogP contribution in [0.4, 0.5) is 0 Å². The average Bonchev–Trinajstić information content (AvgIpc) is 2.83. The van der Waals surface area contributed by atoms with E-state index in [1.54, 1.807) is 0 Å². The summed E-state index contributed by atoms with van der Waals surface area (Å²) in [5.41, 5.74) is 3.97. The molecule has 3 heteroatoms. The monoisotopic (exact) mass is 408 g/mol. The SMILES string of the molecule is S=C(NCc1ccccc1)NC(c1ccccc1)(c1ccccc1)c1ccccc1. The van der Waals surface area contributed by atoms with Crippen LogP contribution in [0, 0.1) is 0 Å². The molecule has 2 nitrogen and oxygen atoms in total. The molecule has 0 amide bonds. The highest BCUT2D eigenvalue weighted by Gasteiger charge is 2.36. The lowest BCUT2D eigenvalue weighted by Crippen LogP contribution is -2.51. The van der Waals surface area contributed by atoms with Crippen LogP contribution in [-0.2, 0) is 12.1 Å². The molecule has 0 saturated heterocycles. The summed E-state index contributed by atoms with van der Waals surface area (Å²) in [5.74, 6) is 0. The first kappa shape index (κ1) is 19.9. The first-order valence-electron chi connectivity index (χ1n) is 10.1. The third kappa shape index (κ3) is 4.27. The van der Waals surface area contributed by atoms with E-state index in [2.05, 4.69) is 95.6 Å². The molecule has 0 bridgehead atoms. The molecule has 148 valence electrons. The maximum Gasteiger partial charge on any atom is 0.167 e. The van der Waals surface area contributed by atoms with Gasteiger partial charge in [-0.2, -0.15) is 0 Å². The number of nitrogens with one attached hydrogen (secondary N) is 2. The molecule has 2 N–H and O–H groups in total. The summed E-state index contributed by atoms with van der Waals surface area (Å²) in [7, 11) is 0. The zero-order chi connectivity index (χ0) is 20.7. The Morgan fingerprint density at radius 2 is 0.933 bits per heavy atom. The van der Waals surface area contributed by atoms with Crippen LogP contribution in [0.1, 0.15) is 22.3 Å². The Labute approximate surface area is 183 Å². The van der Waals surface area contributed by atoms with Gasteiger partial charge in [0.15, 0.2) is 5.11 Å². The van der Waals surface area contributed by atoms with Crippen molar-refractivity contribution >= 4 is 17.3 Å². The van der Waals surface area contributed by atoms with Crippen molar-refractivity contribution in [1.29, 1.82) is 0 Å². The molecule has 0 spiro atoms. The van der Waals surface area contributed by atoms with E-state index >= 15 is 0 Å². The van der Waals surface area contributed by atoms with Crippen molar-refractivity contribution in [3.8, 4) is 0 Å². The van der Waals surface area contributed by atoms with E-state index in [0.717, 1.165) is 16.7 Å². The topological polar surface area (TPSA) is 24.1 Å². The van der Waals surface area contributed by atoms with Crippen molar-refractivity contribution in [3.05, 3.63) is 144 Å². The van der Waals surface area contributed by atoms with Crippen molar-refractivity contribution in [2.75, 3.05) is 0 Å². The number of hydrogen-bond acceptors (Lipinski definition) is 1. The molecule has 0 atom stereocenters. The van der Waals surface area contributed by atoms with Crippen LogP contribution >= 0.6 is 12.2 Å². The molecule has 0 heterocycles. The summed E-state index contributed by atoms with van der Waals surface area (Å²) in [6.45, 7) is 0.668. The van der Waals surface area contributed by atoms with Gasteiger partial charge in [0.2, 0.25) is 0 Å². The maximum absolute atomic E-state index is 5.78. The van der Waals surface area contributed by atoms with Gasteiger partial charge in [0.25, 0.3) is 0 Å². The summed E-state index contributed by atoms with van der Waals surface area (Å²) in [5, 5.41) is 7.66. The molecule has 0 aliphatic rings. The molecule has 0 unspecified atom stereocenters. The van der Waals surface area contributed by atoms with Crippen LogP contribution in [0.2, 0.25) is 0 Å². The minimum Gasteiger partial charge on any atom is -0.359 e. The van der Waals surface area contributed by atoms with Crippen molar-refractivity contribution in [2.24, 2.45) is 0 Å². The van der Waals surface area contributed by atoms with E-state index < -0.39 is 5.54 Å². The smallest absolute Gasteiger partial charge is 0.167 e. The second-order valence-corrected chi connectivity index (χ2v) is 7.55. The van der Waals surface area contributed by atoms with E-state index in [0.29, 0.717) is 11.7 Å². The molecule has 0 aliphatic carbocycles. The van der Waals surface area contributed by atoms with Crippen LogP contribution in [-0.4, -0.2) is 5.11 Å². The van der Waals surface area contributed by atoms with Gasteiger partial charge in [0.05, 0.1) is 0 Å². The van der Waals surface area contributed by atoms with Crippen LogP contribution in [0.3, 0.4) is 0 Å². The van der Waals surface area contributed by atoms with Gasteiger partial charge in [-0.25, -0.2) is 0 Å². The Morgan fingerprint density at radius 3 is 1.33 bits per heavy atom. The van der Waals surface area contributed by atoms with E-state index in [1.165, 1.54) is 5.56 Å². The Kier molecular flexibility index (Phi) is 6.21. The average molecular weight is 409 g/mol. The predicted molar refractivity (Wildman–Crippen MR) is 128 cm³/mol. The molecule has 0 saturated carbocycles. The van der Waals surface area contributed by atoms with Gasteiger partial charge in [0.1, 0.15) is 5.54 Å². The van der Waals surface area contributed by atoms with Gasteiger partial charge < -0.3 is 10.6 Å². The molecule has 0 fully saturated rings. The van der Waals surface area contributed by atoms with Gasteiger partial charge in [-0.3, -0.25) is 0 Å². The highest BCUT2D eigenvalue weighted by Crippen LogP contribution is 2.36. The summed E-state index contributed by atoms with van der Waals surface area (Å²) >= 11 is 5.78. The molecule has 0 radical (unpaired) electrons. The van der Waals surface area contributed by atoms with Crippen LogP contribution < -0.4 is 10.6 Å². The zero-order valence-electron chi connectivity index (χ0n) is 16.7. The van der Waals surface area contributed by atoms with Gasteiger partial charge >= 0.3 is 0 Å². The summed E-state index contributed by atoms with van der Waals surface area (Å²) < 4.78 is 0. The zero-order valence-corrected chi connectivity index (χ0v) is 17.5. The van der Waals surface area contributed by atoms with E-state index in [-0.39, 0.29) is 0 Å². The van der Waals surface area contributed by atoms with Gasteiger partial charge in [-0.15, -0.1) is 0 Å². The van der Waals surface area contributed by atoms with E-state index in [1.807, 2.05) is 36.4 Å². The Balaban J connectivity index is 1.76. The maximum atomic E-state index is 5.78. The molecular weight excluding hydrogens is 384 g/mol. The molecule has 4 rings (SSSR count). The number of hydrogen-bond donors (Lipinski definition) is 2. The van der Waals surface area contributed by atoms with Crippen molar-refractivity contribution in [1.82, 2.24) is 10.6 Å². The van der Waals surface area contributed by atoms with Gasteiger partial charge in [0, 0.05) is 6.54 Å². The van der Waals surface area contributed by atoms with Crippen molar-refractivity contribution in [2.45, 2.75) is 12.1 Å². The predicted octanol–water partition coefficient (Wildman–Crippen LogP) is 5.64. The minimum absolute atomic E-state index is 0.607. The van der Waals surface area contributed by atoms with Gasteiger partial charge in [-0.1, -0.05) is 121 Å². The highest BCUT2D eigenvalue weighted by molar-refractivity contribution is 7.80. The fraction of sp³-hybridized carbons (Fsp3) is 0.0741. The van der Waals surface area contributed by atoms with E-state index in [4.69, 9.17) is 12.2 Å². The molecule has 4 aromatic carbocycles.